The fourth-order valence-corrected chi connectivity index (χ4v) is 3.58. The summed E-state index contributed by atoms with van der Waals surface area (Å²) in [5.74, 6) is 3.21. The van der Waals surface area contributed by atoms with E-state index in [0.29, 0.717) is 5.92 Å². The molecule has 144 valence electrons. The first-order valence-electron chi connectivity index (χ1n) is 9.68. The maximum Gasteiger partial charge on any atom is 0.310 e. The van der Waals surface area contributed by atoms with Crippen LogP contribution in [0.4, 0.5) is 0 Å². The third kappa shape index (κ3) is 4.72. The van der Waals surface area contributed by atoms with Crippen molar-refractivity contribution in [2.24, 2.45) is 17.3 Å². The lowest BCUT2D eigenvalue weighted by atomic mass is 9.97. The summed E-state index contributed by atoms with van der Waals surface area (Å²) in [6.45, 7) is 14.8. The average molecular weight is 365 g/mol. The minimum atomic E-state index is -0.154. The summed E-state index contributed by atoms with van der Waals surface area (Å²) in [7, 11) is 0. The molecule has 2 nitrogen and oxygen atoms in total. The highest BCUT2D eigenvalue weighted by atomic mass is 16.5. The van der Waals surface area contributed by atoms with Gasteiger partial charge < -0.3 is 4.74 Å². The third-order valence-corrected chi connectivity index (χ3v) is 5.67. The van der Waals surface area contributed by atoms with E-state index in [1.807, 2.05) is 6.92 Å². The second-order valence-corrected chi connectivity index (χ2v) is 8.70. The molecule has 0 N–H and O–H groups in total. The van der Waals surface area contributed by atoms with Crippen molar-refractivity contribution in [3.63, 3.8) is 0 Å². The lowest BCUT2D eigenvalue weighted by molar-refractivity contribution is -0.145. The number of hydrogen-bond acceptors (Lipinski definition) is 2. The Morgan fingerprint density at radius 2 is 1.81 bits per heavy atom. The fraction of sp³-hybridized carbons (Fsp3) is 0.480. The van der Waals surface area contributed by atoms with Crippen LogP contribution in [0.15, 0.2) is 41.5 Å². The van der Waals surface area contributed by atoms with E-state index in [-0.39, 0.29) is 29.8 Å². The Labute approximate surface area is 164 Å². The van der Waals surface area contributed by atoms with Gasteiger partial charge in [0.1, 0.15) is 6.61 Å². The predicted octanol–water partition coefficient (Wildman–Crippen LogP) is 6.00. The van der Waals surface area contributed by atoms with Crippen LogP contribution in [0.2, 0.25) is 0 Å². The summed E-state index contributed by atoms with van der Waals surface area (Å²) in [4.78, 5) is 12.6. The van der Waals surface area contributed by atoms with Crippen molar-refractivity contribution >= 4 is 11.5 Å². The monoisotopic (exact) mass is 364 g/mol. The number of carbonyl (C=O) groups is 1. The molecule has 2 atom stereocenters. The van der Waals surface area contributed by atoms with Crippen molar-refractivity contribution in [2.75, 3.05) is 6.61 Å². The molecule has 1 aliphatic carbocycles. The number of ether oxygens (including phenoxy) is 1. The van der Waals surface area contributed by atoms with Crippen LogP contribution in [0.3, 0.4) is 0 Å². The van der Waals surface area contributed by atoms with Gasteiger partial charge in [-0.05, 0) is 54.7 Å². The maximum absolute atomic E-state index is 12.6. The van der Waals surface area contributed by atoms with E-state index in [2.05, 4.69) is 77.8 Å². The number of rotatable bonds is 6. The molecule has 0 spiro atoms. The van der Waals surface area contributed by atoms with Crippen LogP contribution in [-0.4, -0.2) is 12.6 Å². The van der Waals surface area contributed by atoms with Gasteiger partial charge in [0.25, 0.3) is 0 Å². The van der Waals surface area contributed by atoms with Crippen LogP contribution in [0.1, 0.15) is 65.5 Å². The Balaban J connectivity index is 2.08. The second kappa shape index (κ2) is 8.17. The molecular formula is C25H32O2. The summed E-state index contributed by atoms with van der Waals surface area (Å²) < 4.78 is 5.60. The van der Waals surface area contributed by atoms with Crippen molar-refractivity contribution in [1.82, 2.24) is 0 Å². The molecule has 2 heteroatoms. The number of allylic oxidation sites excluding steroid dienone is 3. The van der Waals surface area contributed by atoms with Gasteiger partial charge in [0.15, 0.2) is 0 Å². The minimum Gasteiger partial charge on any atom is -0.460 e. The van der Waals surface area contributed by atoms with E-state index in [0.717, 1.165) is 16.7 Å². The standard InChI is InChI=1S/C25H32O2/c1-9-19(18(6)21-12-10-20(11-13-21)17(4)5)15-27-24(26)23-22(14-16(2)3)25(23,7)8/h1,10-14,17,22-23H,15H2,2-8H3. The minimum absolute atomic E-state index is 0.0455. The average Bonchev–Trinajstić information content (AvgIpc) is 3.14. The number of esters is 1. The zero-order valence-corrected chi connectivity index (χ0v) is 17.7. The Hall–Kier alpha value is -2.27. The summed E-state index contributed by atoms with van der Waals surface area (Å²) in [6.07, 6.45) is 7.88. The third-order valence-electron chi connectivity index (χ3n) is 5.67. The molecule has 1 aromatic rings. The van der Waals surface area contributed by atoms with E-state index in [9.17, 15) is 4.79 Å². The summed E-state index contributed by atoms with van der Waals surface area (Å²) in [5.41, 5.74) is 5.25. The lowest BCUT2D eigenvalue weighted by Gasteiger charge is -2.11. The number of benzene rings is 1. The van der Waals surface area contributed by atoms with Crippen LogP contribution in [0.5, 0.6) is 0 Å². The lowest BCUT2D eigenvalue weighted by Crippen LogP contribution is -2.13. The van der Waals surface area contributed by atoms with Gasteiger partial charge in [0.05, 0.1) is 5.92 Å². The molecule has 2 rings (SSSR count). The normalized spacial score (nSPS) is 21.1. The molecule has 0 bridgehead atoms. The van der Waals surface area contributed by atoms with Crippen LogP contribution in [0, 0.1) is 29.6 Å². The molecule has 1 saturated carbocycles. The molecule has 1 aromatic carbocycles. The van der Waals surface area contributed by atoms with Crippen molar-refractivity contribution in [1.29, 1.82) is 0 Å². The van der Waals surface area contributed by atoms with Gasteiger partial charge in [0.2, 0.25) is 0 Å². The largest absolute Gasteiger partial charge is 0.460 e. The highest BCUT2D eigenvalue weighted by molar-refractivity contribution is 5.79. The molecule has 0 radical (unpaired) electrons. The van der Waals surface area contributed by atoms with Crippen LogP contribution < -0.4 is 0 Å². The van der Waals surface area contributed by atoms with Gasteiger partial charge in [-0.25, -0.2) is 0 Å². The van der Waals surface area contributed by atoms with Gasteiger partial charge in [-0.2, -0.15) is 0 Å². The fourth-order valence-electron chi connectivity index (χ4n) is 3.58. The van der Waals surface area contributed by atoms with Gasteiger partial charge in [0, 0.05) is 5.57 Å². The summed E-state index contributed by atoms with van der Waals surface area (Å²) in [5, 5.41) is 0. The highest BCUT2D eigenvalue weighted by Gasteiger charge is 2.61. The smallest absolute Gasteiger partial charge is 0.310 e. The van der Waals surface area contributed by atoms with Crippen molar-refractivity contribution in [2.45, 2.75) is 54.4 Å². The van der Waals surface area contributed by atoms with E-state index < -0.39 is 0 Å². The summed E-state index contributed by atoms with van der Waals surface area (Å²) >= 11 is 0. The van der Waals surface area contributed by atoms with Crippen LogP contribution >= 0.6 is 0 Å². The first-order chi connectivity index (χ1) is 12.6. The zero-order chi connectivity index (χ0) is 20.4. The zero-order valence-electron chi connectivity index (χ0n) is 17.7. The molecule has 1 aliphatic rings. The first kappa shape index (κ1) is 21.0. The first-order valence-corrected chi connectivity index (χ1v) is 9.68. The molecule has 0 amide bonds. The van der Waals surface area contributed by atoms with Crippen LogP contribution in [-0.2, 0) is 9.53 Å². The van der Waals surface area contributed by atoms with Crippen molar-refractivity contribution in [3.05, 3.63) is 52.6 Å². The van der Waals surface area contributed by atoms with Gasteiger partial charge in [-0.3, -0.25) is 4.79 Å². The maximum atomic E-state index is 12.6. The van der Waals surface area contributed by atoms with Gasteiger partial charge >= 0.3 is 5.97 Å². The number of terminal acetylenes is 1. The Kier molecular flexibility index (Phi) is 6.37. The predicted molar refractivity (Wildman–Crippen MR) is 113 cm³/mol. The Bertz CT molecular complexity index is 794. The van der Waals surface area contributed by atoms with E-state index >= 15 is 0 Å². The van der Waals surface area contributed by atoms with Gasteiger partial charge in [-0.1, -0.05) is 69.5 Å². The second-order valence-electron chi connectivity index (χ2n) is 8.70. The molecule has 0 aromatic heterocycles. The molecule has 0 saturated heterocycles. The molecule has 27 heavy (non-hydrogen) atoms. The highest BCUT2D eigenvalue weighted by Crippen LogP contribution is 2.59. The molecule has 0 heterocycles. The molecule has 0 aliphatic heterocycles. The van der Waals surface area contributed by atoms with E-state index in [1.165, 1.54) is 11.1 Å². The molecular weight excluding hydrogens is 332 g/mol. The number of hydrogen-bond donors (Lipinski definition) is 0. The Morgan fingerprint density at radius 3 is 2.30 bits per heavy atom. The molecule has 2 unspecified atom stereocenters. The number of carbonyl (C=O) groups excluding carboxylic acids is 1. The summed E-state index contributed by atoms with van der Waals surface area (Å²) in [6, 6.07) is 8.41. The van der Waals surface area contributed by atoms with Gasteiger partial charge in [-0.15, -0.1) is 6.42 Å². The SMILES string of the molecule is C#CC(COC(=O)C1C(C=C(C)C)C1(C)C)=C(C)c1ccc(C(C)C)cc1. The Morgan fingerprint density at radius 1 is 1.22 bits per heavy atom. The van der Waals surface area contributed by atoms with Crippen molar-refractivity contribution in [3.8, 4) is 12.3 Å². The van der Waals surface area contributed by atoms with Crippen LogP contribution in [0.25, 0.3) is 5.57 Å². The van der Waals surface area contributed by atoms with Crippen molar-refractivity contribution < 1.29 is 9.53 Å². The topological polar surface area (TPSA) is 26.3 Å². The quantitative estimate of drug-likeness (QED) is 0.352. The molecule has 1 fully saturated rings. The van der Waals surface area contributed by atoms with E-state index in [1.54, 1.807) is 0 Å². The van der Waals surface area contributed by atoms with E-state index in [4.69, 9.17) is 11.2 Å².